The fourth-order valence-electron chi connectivity index (χ4n) is 2.45. The van der Waals surface area contributed by atoms with E-state index in [4.69, 9.17) is 0 Å². The standard InChI is InChI=1S/C13H28N2/c1-6-7-8-15-10-11(2)14-9-12(15)13(3,4)5/h11-12,14H,6-10H2,1-5H3. The second kappa shape index (κ2) is 5.31. The summed E-state index contributed by atoms with van der Waals surface area (Å²) in [4.78, 5) is 2.69. The zero-order valence-electron chi connectivity index (χ0n) is 11.1. The van der Waals surface area contributed by atoms with Crippen molar-refractivity contribution in [3.05, 3.63) is 0 Å². The molecule has 2 heteroatoms. The summed E-state index contributed by atoms with van der Waals surface area (Å²) in [5.41, 5.74) is 0.390. The van der Waals surface area contributed by atoms with Crippen molar-refractivity contribution in [3.63, 3.8) is 0 Å². The summed E-state index contributed by atoms with van der Waals surface area (Å²) in [7, 11) is 0. The van der Waals surface area contributed by atoms with Crippen LogP contribution in [0.2, 0.25) is 0 Å². The van der Waals surface area contributed by atoms with Gasteiger partial charge in [0.25, 0.3) is 0 Å². The lowest BCUT2D eigenvalue weighted by Crippen LogP contribution is -2.59. The number of nitrogens with zero attached hydrogens (tertiary/aromatic N) is 1. The molecule has 1 aliphatic rings. The maximum atomic E-state index is 3.60. The van der Waals surface area contributed by atoms with Crippen LogP contribution in [0.1, 0.15) is 47.5 Å². The lowest BCUT2D eigenvalue weighted by molar-refractivity contribution is 0.0580. The van der Waals surface area contributed by atoms with E-state index < -0.39 is 0 Å². The lowest BCUT2D eigenvalue weighted by Gasteiger charge is -2.46. The van der Waals surface area contributed by atoms with Gasteiger partial charge in [0.2, 0.25) is 0 Å². The highest BCUT2D eigenvalue weighted by atomic mass is 15.2. The number of rotatable bonds is 3. The van der Waals surface area contributed by atoms with E-state index >= 15 is 0 Å². The van der Waals surface area contributed by atoms with E-state index in [1.165, 1.54) is 25.9 Å². The highest BCUT2D eigenvalue weighted by Crippen LogP contribution is 2.26. The van der Waals surface area contributed by atoms with Gasteiger partial charge in [-0.3, -0.25) is 4.90 Å². The van der Waals surface area contributed by atoms with E-state index in [1.807, 2.05) is 0 Å². The third kappa shape index (κ3) is 3.76. The zero-order chi connectivity index (χ0) is 11.5. The predicted molar refractivity (Wildman–Crippen MR) is 67.2 cm³/mol. The number of hydrogen-bond donors (Lipinski definition) is 1. The molecule has 1 fully saturated rings. The van der Waals surface area contributed by atoms with E-state index in [0.29, 0.717) is 17.5 Å². The molecule has 0 spiro atoms. The van der Waals surface area contributed by atoms with E-state index in [1.54, 1.807) is 0 Å². The molecule has 1 saturated heterocycles. The number of unbranched alkanes of at least 4 members (excludes halogenated alkanes) is 1. The Labute approximate surface area is 95.4 Å². The van der Waals surface area contributed by atoms with E-state index in [9.17, 15) is 0 Å². The van der Waals surface area contributed by atoms with Crippen molar-refractivity contribution in [2.45, 2.75) is 59.5 Å². The van der Waals surface area contributed by atoms with Crippen LogP contribution in [-0.2, 0) is 0 Å². The highest BCUT2D eigenvalue weighted by molar-refractivity contribution is 4.90. The van der Waals surface area contributed by atoms with Gasteiger partial charge in [-0.25, -0.2) is 0 Å². The SMILES string of the molecule is CCCCN1CC(C)NCC1C(C)(C)C. The molecule has 0 aromatic heterocycles. The van der Waals surface area contributed by atoms with Crippen molar-refractivity contribution in [1.82, 2.24) is 10.2 Å². The van der Waals surface area contributed by atoms with Gasteiger partial charge >= 0.3 is 0 Å². The summed E-state index contributed by atoms with van der Waals surface area (Å²) in [5, 5.41) is 3.60. The summed E-state index contributed by atoms with van der Waals surface area (Å²) < 4.78 is 0. The number of piperazine rings is 1. The Hall–Kier alpha value is -0.0800. The molecule has 0 radical (unpaired) electrons. The molecule has 15 heavy (non-hydrogen) atoms. The number of hydrogen-bond acceptors (Lipinski definition) is 2. The van der Waals surface area contributed by atoms with Crippen LogP contribution in [0.25, 0.3) is 0 Å². The quantitative estimate of drug-likeness (QED) is 0.773. The molecule has 0 aromatic rings. The minimum absolute atomic E-state index is 0.390. The fourth-order valence-corrected chi connectivity index (χ4v) is 2.45. The van der Waals surface area contributed by atoms with Gasteiger partial charge in [-0.05, 0) is 25.3 Å². The van der Waals surface area contributed by atoms with Gasteiger partial charge in [0.1, 0.15) is 0 Å². The Balaban J connectivity index is 2.58. The molecule has 90 valence electrons. The van der Waals surface area contributed by atoms with Gasteiger partial charge in [0, 0.05) is 25.2 Å². The third-order valence-electron chi connectivity index (χ3n) is 3.41. The molecule has 0 aliphatic carbocycles. The predicted octanol–water partition coefficient (Wildman–Crippen LogP) is 2.49. The molecule has 1 heterocycles. The summed E-state index contributed by atoms with van der Waals surface area (Å²) >= 11 is 0. The van der Waals surface area contributed by atoms with Gasteiger partial charge in [-0.15, -0.1) is 0 Å². The van der Waals surface area contributed by atoms with Crippen molar-refractivity contribution in [2.24, 2.45) is 5.41 Å². The molecule has 0 saturated carbocycles. The number of nitrogens with one attached hydrogen (secondary N) is 1. The Kier molecular flexibility index (Phi) is 4.60. The lowest BCUT2D eigenvalue weighted by atomic mass is 9.84. The topological polar surface area (TPSA) is 15.3 Å². The molecule has 0 aromatic carbocycles. The Morgan fingerprint density at radius 2 is 2.00 bits per heavy atom. The first-order chi connectivity index (χ1) is 6.95. The molecule has 2 atom stereocenters. The van der Waals surface area contributed by atoms with Gasteiger partial charge in [-0.2, -0.15) is 0 Å². The summed E-state index contributed by atoms with van der Waals surface area (Å²) in [6.45, 7) is 15.3. The van der Waals surface area contributed by atoms with Crippen LogP contribution in [0.4, 0.5) is 0 Å². The first kappa shape index (κ1) is 13.0. The molecule has 1 aliphatic heterocycles. The summed E-state index contributed by atoms with van der Waals surface area (Å²) in [5.74, 6) is 0. The molecule has 1 N–H and O–H groups in total. The van der Waals surface area contributed by atoms with Crippen LogP contribution in [-0.4, -0.2) is 36.6 Å². The largest absolute Gasteiger partial charge is 0.311 e. The third-order valence-corrected chi connectivity index (χ3v) is 3.41. The van der Waals surface area contributed by atoms with Crippen molar-refractivity contribution >= 4 is 0 Å². The fraction of sp³-hybridized carbons (Fsp3) is 1.00. The Bertz CT molecular complexity index is 183. The average Bonchev–Trinajstić information content (AvgIpc) is 2.12. The van der Waals surface area contributed by atoms with E-state index in [-0.39, 0.29) is 0 Å². The summed E-state index contributed by atoms with van der Waals surface area (Å²) in [6, 6.07) is 1.35. The maximum absolute atomic E-state index is 3.60. The first-order valence-corrected chi connectivity index (χ1v) is 6.42. The molecule has 0 amide bonds. The smallest absolute Gasteiger partial charge is 0.0269 e. The molecule has 0 bridgehead atoms. The van der Waals surface area contributed by atoms with Crippen LogP contribution < -0.4 is 5.32 Å². The van der Waals surface area contributed by atoms with Gasteiger partial charge in [0.05, 0.1) is 0 Å². The first-order valence-electron chi connectivity index (χ1n) is 6.42. The molecular formula is C13H28N2. The van der Waals surface area contributed by atoms with Crippen molar-refractivity contribution in [3.8, 4) is 0 Å². The molecule has 1 rings (SSSR count). The summed E-state index contributed by atoms with van der Waals surface area (Å²) in [6.07, 6.45) is 2.63. The van der Waals surface area contributed by atoms with Crippen LogP contribution in [0.3, 0.4) is 0 Å². The normalized spacial score (nSPS) is 29.4. The van der Waals surface area contributed by atoms with E-state index in [2.05, 4.69) is 44.8 Å². The monoisotopic (exact) mass is 212 g/mol. The van der Waals surface area contributed by atoms with Crippen LogP contribution in [0.5, 0.6) is 0 Å². The van der Waals surface area contributed by atoms with Crippen molar-refractivity contribution in [2.75, 3.05) is 19.6 Å². The molecule has 2 nitrogen and oxygen atoms in total. The second-order valence-electron chi connectivity index (χ2n) is 6.04. The maximum Gasteiger partial charge on any atom is 0.0269 e. The highest BCUT2D eigenvalue weighted by Gasteiger charge is 2.33. The van der Waals surface area contributed by atoms with Crippen molar-refractivity contribution < 1.29 is 0 Å². The van der Waals surface area contributed by atoms with Crippen molar-refractivity contribution in [1.29, 1.82) is 0 Å². The van der Waals surface area contributed by atoms with Crippen LogP contribution in [0, 0.1) is 5.41 Å². The van der Waals surface area contributed by atoms with Gasteiger partial charge in [0.15, 0.2) is 0 Å². The van der Waals surface area contributed by atoms with E-state index in [0.717, 1.165) is 6.54 Å². The molecule has 2 unspecified atom stereocenters. The van der Waals surface area contributed by atoms with Crippen LogP contribution in [0.15, 0.2) is 0 Å². The van der Waals surface area contributed by atoms with Gasteiger partial charge in [-0.1, -0.05) is 34.1 Å². The zero-order valence-corrected chi connectivity index (χ0v) is 11.1. The average molecular weight is 212 g/mol. The second-order valence-corrected chi connectivity index (χ2v) is 6.04. The Morgan fingerprint density at radius 3 is 2.53 bits per heavy atom. The van der Waals surface area contributed by atoms with Gasteiger partial charge < -0.3 is 5.32 Å². The minimum atomic E-state index is 0.390. The van der Waals surface area contributed by atoms with Crippen LogP contribution >= 0.6 is 0 Å². The minimum Gasteiger partial charge on any atom is -0.311 e. The molecular weight excluding hydrogens is 184 g/mol. The Morgan fingerprint density at radius 1 is 1.33 bits per heavy atom.